The first-order chi connectivity index (χ1) is 10.8. The summed E-state index contributed by atoms with van der Waals surface area (Å²) in [4.78, 5) is 0. The first-order valence-corrected chi connectivity index (χ1v) is 7.72. The molecule has 0 fully saturated rings. The second-order valence-electron chi connectivity index (χ2n) is 5.50. The van der Waals surface area contributed by atoms with Crippen molar-refractivity contribution >= 4 is 0 Å². The van der Waals surface area contributed by atoms with Gasteiger partial charge in [0.1, 0.15) is 5.82 Å². The summed E-state index contributed by atoms with van der Waals surface area (Å²) >= 11 is 0. The lowest BCUT2D eigenvalue weighted by molar-refractivity contribution is 0.631. The number of aryl methyl sites for hydroxylation is 1. The monoisotopic (exact) mass is 290 g/mol. The molecule has 0 aliphatic rings. The maximum Gasteiger partial charge on any atom is 0.131 e. The highest BCUT2D eigenvalue weighted by molar-refractivity contribution is 5.70. The molecule has 0 amide bonds. The van der Waals surface area contributed by atoms with Gasteiger partial charge in [0.15, 0.2) is 0 Å². The summed E-state index contributed by atoms with van der Waals surface area (Å²) in [5.41, 5.74) is 5.27. The minimum absolute atomic E-state index is 0.181. The van der Waals surface area contributed by atoms with E-state index < -0.39 is 0 Å². The molecule has 0 saturated carbocycles. The number of benzene rings is 3. The molecule has 0 spiro atoms. The van der Waals surface area contributed by atoms with E-state index in [4.69, 9.17) is 0 Å². The summed E-state index contributed by atoms with van der Waals surface area (Å²) in [5, 5.41) is 0. The third-order valence-electron chi connectivity index (χ3n) is 3.90. The summed E-state index contributed by atoms with van der Waals surface area (Å²) in [5.74, 6) is -0.181. The van der Waals surface area contributed by atoms with Crippen molar-refractivity contribution in [3.8, 4) is 22.3 Å². The molecule has 0 aliphatic carbocycles. The molecule has 3 aromatic rings. The van der Waals surface area contributed by atoms with Gasteiger partial charge in [0.2, 0.25) is 0 Å². The summed E-state index contributed by atoms with van der Waals surface area (Å²) in [6.45, 7) is 2.19. The van der Waals surface area contributed by atoms with Crippen LogP contribution in [0.1, 0.15) is 18.9 Å². The smallest absolute Gasteiger partial charge is 0.131 e. The van der Waals surface area contributed by atoms with E-state index in [2.05, 4.69) is 43.3 Å². The Balaban J connectivity index is 1.86. The fraction of sp³-hybridized carbons (Fsp3) is 0.143. The van der Waals surface area contributed by atoms with Gasteiger partial charge in [-0.1, -0.05) is 80.1 Å². The largest absolute Gasteiger partial charge is 0.206 e. The Bertz CT molecular complexity index is 740. The summed E-state index contributed by atoms with van der Waals surface area (Å²) in [7, 11) is 0. The van der Waals surface area contributed by atoms with E-state index in [9.17, 15) is 4.39 Å². The van der Waals surface area contributed by atoms with E-state index >= 15 is 0 Å². The minimum atomic E-state index is -0.181. The van der Waals surface area contributed by atoms with Crippen LogP contribution in [-0.4, -0.2) is 0 Å². The van der Waals surface area contributed by atoms with Crippen LogP contribution in [0.3, 0.4) is 0 Å². The van der Waals surface area contributed by atoms with Gasteiger partial charge in [0, 0.05) is 5.56 Å². The van der Waals surface area contributed by atoms with Gasteiger partial charge in [-0.25, -0.2) is 4.39 Å². The van der Waals surface area contributed by atoms with Gasteiger partial charge in [-0.3, -0.25) is 0 Å². The molecular weight excluding hydrogens is 271 g/mol. The lowest BCUT2D eigenvalue weighted by atomic mass is 9.99. The van der Waals surface area contributed by atoms with Gasteiger partial charge in [-0.15, -0.1) is 0 Å². The molecule has 0 nitrogen and oxygen atoms in total. The minimum Gasteiger partial charge on any atom is -0.206 e. The molecule has 0 aromatic heterocycles. The first-order valence-electron chi connectivity index (χ1n) is 7.72. The van der Waals surface area contributed by atoms with E-state index in [1.54, 1.807) is 6.07 Å². The van der Waals surface area contributed by atoms with Crippen LogP contribution in [0, 0.1) is 5.82 Å². The topological polar surface area (TPSA) is 0 Å². The predicted octanol–water partition coefficient (Wildman–Crippen LogP) is 6.11. The van der Waals surface area contributed by atoms with Crippen LogP contribution in [-0.2, 0) is 6.42 Å². The average molecular weight is 290 g/mol. The highest BCUT2D eigenvalue weighted by atomic mass is 19.1. The molecule has 0 saturated heterocycles. The normalized spacial score (nSPS) is 10.6. The first kappa shape index (κ1) is 14.5. The van der Waals surface area contributed by atoms with Crippen LogP contribution >= 0.6 is 0 Å². The standard InChI is InChI=1S/C21H19F/c1-2-5-16-8-10-17(11-9-16)18-12-14-19(15-13-18)20-6-3-4-7-21(20)22/h3-4,6-15H,2,5H2,1H3. The molecule has 0 aliphatic heterocycles. The zero-order valence-electron chi connectivity index (χ0n) is 12.7. The molecule has 1 heteroatoms. The van der Waals surface area contributed by atoms with E-state index in [1.807, 2.05) is 24.3 Å². The lowest BCUT2D eigenvalue weighted by Crippen LogP contribution is -1.85. The van der Waals surface area contributed by atoms with Gasteiger partial charge in [0.25, 0.3) is 0 Å². The average Bonchev–Trinajstić information content (AvgIpc) is 2.57. The third-order valence-corrected chi connectivity index (χ3v) is 3.90. The number of halogens is 1. The van der Waals surface area contributed by atoms with Crippen molar-refractivity contribution < 1.29 is 4.39 Å². The van der Waals surface area contributed by atoms with Crippen molar-refractivity contribution in [3.05, 3.63) is 84.2 Å². The van der Waals surface area contributed by atoms with Gasteiger partial charge in [-0.2, -0.15) is 0 Å². The summed E-state index contributed by atoms with van der Waals surface area (Å²) in [6.07, 6.45) is 2.28. The Morgan fingerprint density at radius 1 is 0.682 bits per heavy atom. The van der Waals surface area contributed by atoms with Crippen LogP contribution in [0.2, 0.25) is 0 Å². The second kappa shape index (κ2) is 6.57. The van der Waals surface area contributed by atoms with Crippen molar-refractivity contribution in [2.75, 3.05) is 0 Å². The van der Waals surface area contributed by atoms with Crippen LogP contribution in [0.25, 0.3) is 22.3 Å². The van der Waals surface area contributed by atoms with E-state index in [0.717, 1.165) is 24.0 Å². The van der Waals surface area contributed by atoms with Crippen LogP contribution in [0.4, 0.5) is 4.39 Å². The predicted molar refractivity (Wildman–Crippen MR) is 91.3 cm³/mol. The molecule has 0 radical (unpaired) electrons. The molecule has 0 heterocycles. The maximum absolute atomic E-state index is 13.8. The van der Waals surface area contributed by atoms with Gasteiger partial charge >= 0.3 is 0 Å². The van der Waals surface area contributed by atoms with E-state index in [1.165, 1.54) is 17.2 Å². The van der Waals surface area contributed by atoms with Crippen molar-refractivity contribution in [2.24, 2.45) is 0 Å². The molecule has 0 unspecified atom stereocenters. The number of hydrogen-bond donors (Lipinski definition) is 0. The Hall–Kier alpha value is -2.41. The van der Waals surface area contributed by atoms with Crippen molar-refractivity contribution in [1.82, 2.24) is 0 Å². The number of hydrogen-bond acceptors (Lipinski definition) is 0. The molecule has 0 bridgehead atoms. The van der Waals surface area contributed by atoms with Gasteiger partial charge < -0.3 is 0 Å². The molecule has 0 atom stereocenters. The Labute approximate surface area is 131 Å². The highest BCUT2D eigenvalue weighted by Crippen LogP contribution is 2.26. The number of rotatable bonds is 4. The maximum atomic E-state index is 13.8. The zero-order chi connectivity index (χ0) is 15.4. The summed E-state index contributed by atoms with van der Waals surface area (Å²) in [6, 6.07) is 23.6. The van der Waals surface area contributed by atoms with Crippen molar-refractivity contribution in [2.45, 2.75) is 19.8 Å². The van der Waals surface area contributed by atoms with Gasteiger partial charge in [-0.05, 0) is 34.7 Å². The van der Waals surface area contributed by atoms with Crippen molar-refractivity contribution in [3.63, 3.8) is 0 Å². The lowest BCUT2D eigenvalue weighted by Gasteiger charge is -2.07. The Morgan fingerprint density at radius 3 is 1.82 bits per heavy atom. The highest BCUT2D eigenvalue weighted by Gasteiger charge is 2.04. The molecule has 3 aromatic carbocycles. The van der Waals surface area contributed by atoms with Crippen LogP contribution in [0.15, 0.2) is 72.8 Å². The molecule has 22 heavy (non-hydrogen) atoms. The molecule has 0 N–H and O–H groups in total. The third kappa shape index (κ3) is 3.09. The van der Waals surface area contributed by atoms with Gasteiger partial charge in [0.05, 0.1) is 0 Å². The summed E-state index contributed by atoms with van der Waals surface area (Å²) < 4.78 is 13.8. The molecular formula is C21H19F. The zero-order valence-corrected chi connectivity index (χ0v) is 12.7. The Morgan fingerprint density at radius 2 is 1.23 bits per heavy atom. The molecule has 3 rings (SSSR count). The Kier molecular flexibility index (Phi) is 4.34. The van der Waals surface area contributed by atoms with Crippen LogP contribution in [0.5, 0.6) is 0 Å². The van der Waals surface area contributed by atoms with Crippen molar-refractivity contribution in [1.29, 1.82) is 0 Å². The van der Waals surface area contributed by atoms with Crippen LogP contribution < -0.4 is 0 Å². The quantitative estimate of drug-likeness (QED) is 0.543. The second-order valence-corrected chi connectivity index (χ2v) is 5.50. The fourth-order valence-corrected chi connectivity index (χ4v) is 2.69. The fourth-order valence-electron chi connectivity index (χ4n) is 2.69. The SMILES string of the molecule is CCCc1ccc(-c2ccc(-c3ccccc3F)cc2)cc1. The molecule has 110 valence electrons. The van der Waals surface area contributed by atoms with E-state index in [-0.39, 0.29) is 5.82 Å². The van der Waals surface area contributed by atoms with E-state index in [0.29, 0.717) is 5.56 Å².